The summed E-state index contributed by atoms with van der Waals surface area (Å²) in [6, 6.07) is -0.761. The first-order valence-corrected chi connectivity index (χ1v) is 6.15. The van der Waals surface area contributed by atoms with Crippen LogP contribution >= 0.6 is 0 Å². The largest absolute Gasteiger partial charge is 0.394 e. The number of aliphatic hydroxyl groups excluding tert-OH is 1. The monoisotopic (exact) mass is 254 g/mol. The maximum atomic E-state index is 12.1. The summed E-state index contributed by atoms with van der Waals surface area (Å²) >= 11 is 0. The molecule has 1 heterocycles. The maximum Gasteiger partial charge on any atom is 0.242 e. The molecule has 0 bridgehead atoms. The van der Waals surface area contributed by atoms with Crippen LogP contribution in [-0.2, 0) is 11.8 Å². The van der Waals surface area contributed by atoms with Crippen LogP contribution in [0.2, 0.25) is 0 Å². The van der Waals surface area contributed by atoms with Crippen molar-refractivity contribution < 1.29 is 9.90 Å². The van der Waals surface area contributed by atoms with Gasteiger partial charge in [-0.05, 0) is 12.8 Å². The number of rotatable bonds is 6. The molecule has 1 unspecified atom stereocenters. The van der Waals surface area contributed by atoms with Gasteiger partial charge in [-0.2, -0.15) is 5.10 Å². The lowest BCUT2D eigenvalue weighted by Gasteiger charge is -2.31. The molecule has 4 N–H and O–H groups in total. The molecule has 1 atom stereocenters. The molecule has 0 saturated carbocycles. The molecule has 1 amide bonds. The third-order valence-corrected chi connectivity index (χ3v) is 3.41. The highest BCUT2D eigenvalue weighted by molar-refractivity contribution is 5.83. The SMILES string of the molecule is CCC(CC)(CO)NC(=O)C(N)c1cnn(C)c1. The number of hydrogen-bond donors (Lipinski definition) is 3. The van der Waals surface area contributed by atoms with Gasteiger partial charge in [0.05, 0.1) is 18.3 Å². The van der Waals surface area contributed by atoms with Crippen molar-refractivity contribution in [3.05, 3.63) is 18.0 Å². The molecular weight excluding hydrogens is 232 g/mol. The number of hydrogen-bond acceptors (Lipinski definition) is 4. The number of aromatic nitrogens is 2. The Bertz CT molecular complexity index is 390. The van der Waals surface area contributed by atoms with E-state index in [2.05, 4.69) is 10.4 Å². The average Bonchev–Trinajstić information content (AvgIpc) is 2.81. The van der Waals surface area contributed by atoms with Gasteiger partial charge in [0.25, 0.3) is 0 Å². The molecule has 0 spiro atoms. The van der Waals surface area contributed by atoms with Gasteiger partial charge in [0.1, 0.15) is 6.04 Å². The van der Waals surface area contributed by atoms with Crippen LogP contribution < -0.4 is 11.1 Å². The van der Waals surface area contributed by atoms with Crippen LogP contribution in [0.25, 0.3) is 0 Å². The van der Waals surface area contributed by atoms with Crippen molar-refractivity contribution in [3.8, 4) is 0 Å². The number of nitrogens with one attached hydrogen (secondary N) is 1. The molecule has 1 aromatic rings. The van der Waals surface area contributed by atoms with Gasteiger partial charge in [0, 0.05) is 18.8 Å². The molecule has 0 aromatic carbocycles. The Morgan fingerprint density at radius 3 is 2.61 bits per heavy atom. The van der Waals surface area contributed by atoms with E-state index in [1.807, 2.05) is 13.8 Å². The summed E-state index contributed by atoms with van der Waals surface area (Å²) in [5.74, 6) is -0.291. The Balaban J connectivity index is 2.76. The Morgan fingerprint density at radius 2 is 2.22 bits per heavy atom. The van der Waals surface area contributed by atoms with E-state index in [1.54, 1.807) is 24.1 Å². The van der Waals surface area contributed by atoms with Crippen LogP contribution in [0.15, 0.2) is 12.4 Å². The lowest BCUT2D eigenvalue weighted by molar-refractivity contribution is -0.125. The molecule has 0 aliphatic heterocycles. The molecule has 0 fully saturated rings. The topological polar surface area (TPSA) is 93.2 Å². The summed E-state index contributed by atoms with van der Waals surface area (Å²) < 4.78 is 1.60. The van der Waals surface area contributed by atoms with Crippen molar-refractivity contribution in [2.75, 3.05) is 6.61 Å². The minimum absolute atomic E-state index is 0.0918. The summed E-state index contributed by atoms with van der Waals surface area (Å²) in [4.78, 5) is 12.1. The van der Waals surface area contributed by atoms with Gasteiger partial charge in [-0.15, -0.1) is 0 Å². The summed E-state index contributed by atoms with van der Waals surface area (Å²) in [6.07, 6.45) is 4.60. The van der Waals surface area contributed by atoms with E-state index in [-0.39, 0.29) is 12.5 Å². The molecule has 1 rings (SSSR count). The van der Waals surface area contributed by atoms with Crippen molar-refractivity contribution in [1.29, 1.82) is 0 Å². The average molecular weight is 254 g/mol. The smallest absolute Gasteiger partial charge is 0.242 e. The van der Waals surface area contributed by atoms with E-state index in [1.165, 1.54) is 0 Å². The number of amides is 1. The molecule has 0 radical (unpaired) electrons. The van der Waals surface area contributed by atoms with Gasteiger partial charge in [-0.3, -0.25) is 9.48 Å². The zero-order valence-corrected chi connectivity index (χ0v) is 11.2. The molecule has 0 aliphatic rings. The van der Waals surface area contributed by atoms with Gasteiger partial charge in [-0.1, -0.05) is 13.8 Å². The van der Waals surface area contributed by atoms with Crippen molar-refractivity contribution in [2.45, 2.75) is 38.3 Å². The van der Waals surface area contributed by atoms with Crippen molar-refractivity contribution in [1.82, 2.24) is 15.1 Å². The third-order valence-electron chi connectivity index (χ3n) is 3.41. The first-order chi connectivity index (χ1) is 8.48. The molecule has 6 heteroatoms. The van der Waals surface area contributed by atoms with Crippen LogP contribution in [0.5, 0.6) is 0 Å². The molecule has 6 nitrogen and oxygen atoms in total. The number of aryl methyl sites for hydroxylation is 1. The van der Waals surface area contributed by atoms with Gasteiger partial charge in [0.15, 0.2) is 0 Å². The number of carbonyl (C=O) groups is 1. The van der Waals surface area contributed by atoms with E-state index in [0.29, 0.717) is 18.4 Å². The van der Waals surface area contributed by atoms with Gasteiger partial charge in [-0.25, -0.2) is 0 Å². The van der Waals surface area contributed by atoms with Crippen LogP contribution in [0.1, 0.15) is 38.3 Å². The Labute approximate surface area is 107 Å². The van der Waals surface area contributed by atoms with Crippen molar-refractivity contribution in [3.63, 3.8) is 0 Å². The zero-order valence-electron chi connectivity index (χ0n) is 11.2. The normalized spacial score (nSPS) is 13.4. The molecule has 102 valence electrons. The molecule has 0 saturated heterocycles. The standard InChI is InChI=1S/C12H22N4O2/c1-4-12(5-2,8-17)15-11(18)10(13)9-6-14-16(3)7-9/h6-7,10,17H,4-5,8,13H2,1-3H3,(H,15,18). The second-order valence-electron chi connectivity index (χ2n) is 4.56. The van der Waals surface area contributed by atoms with E-state index < -0.39 is 11.6 Å². The molecular formula is C12H22N4O2. The quantitative estimate of drug-likeness (QED) is 0.670. The summed E-state index contributed by atoms with van der Waals surface area (Å²) in [6.45, 7) is 3.76. The lowest BCUT2D eigenvalue weighted by atomic mass is 9.93. The first-order valence-electron chi connectivity index (χ1n) is 6.15. The van der Waals surface area contributed by atoms with Gasteiger partial charge in [0.2, 0.25) is 5.91 Å². The van der Waals surface area contributed by atoms with Crippen molar-refractivity contribution >= 4 is 5.91 Å². The van der Waals surface area contributed by atoms with E-state index in [4.69, 9.17) is 5.73 Å². The fourth-order valence-electron chi connectivity index (χ4n) is 1.78. The number of nitrogens with zero attached hydrogens (tertiary/aromatic N) is 2. The predicted octanol–water partition coefficient (Wildman–Crippen LogP) is 0.0872. The maximum absolute atomic E-state index is 12.1. The number of nitrogens with two attached hydrogens (primary N) is 1. The second kappa shape index (κ2) is 5.97. The van der Waals surface area contributed by atoms with Crippen LogP contribution in [0, 0.1) is 0 Å². The third kappa shape index (κ3) is 3.08. The zero-order chi connectivity index (χ0) is 13.8. The highest BCUT2D eigenvalue weighted by atomic mass is 16.3. The van der Waals surface area contributed by atoms with Crippen LogP contribution in [-0.4, -0.2) is 32.9 Å². The fourth-order valence-corrected chi connectivity index (χ4v) is 1.78. The summed E-state index contributed by atoms with van der Waals surface area (Å²) in [5.41, 5.74) is 5.95. The minimum atomic E-state index is -0.761. The van der Waals surface area contributed by atoms with Crippen LogP contribution in [0.3, 0.4) is 0 Å². The molecule has 1 aromatic heterocycles. The van der Waals surface area contributed by atoms with Gasteiger partial charge >= 0.3 is 0 Å². The van der Waals surface area contributed by atoms with E-state index in [9.17, 15) is 9.90 Å². The summed E-state index contributed by atoms with van der Waals surface area (Å²) in [5, 5.41) is 16.2. The number of carbonyl (C=O) groups excluding carboxylic acids is 1. The van der Waals surface area contributed by atoms with Gasteiger partial charge < -0.3 is 16.2 Å². The molecule has 0 aliphatic carbocycles. The minimum Gasteiger partial charge on any atom is -0.394 e. The Hall–Kier alpha value is -1.40. The second-order valence-corrected chi connectivity index (χ2v) is 4.56. The van der Waals surface area contributed by atoms with E-state index >= 15 is 0 Å². The Morgan fingerprint density at radius 1 is 1.61 bits per heavy atom. The van der Waals surface area contributed by atoms with Crippen LogP contribution in [0.4, 0.5) is 0 Å². The highest BCUT2D eigenvalue weighted by Gasteiger charge is 2.30. The Kier molecular flexibility index (Phi) is 4.86. The van der Waals surface area contributed by atoms with E-state index in [0.717, 1.165) is 0 Å². The molecule has 18 heavy (non-hydrogen) atoms. The highest BCUT2D eigenvalue weighted by Crippen LogP contribution is 2.17. The van der Waals surface area contributed by atoms with Crippen molar-refractivity contribution in [2.24, 2.45) is 12.8 Å². The lowest BCUT2D eigenvalue weighted by Crippen LogP contribution is -2.53. The summed E-state index contributed by atoms with van der Waals surface area (Å²) in [7, 11) is 1.77. The first kappa shape index (κ1) is 14.7. The number of aliphatic hydroxyl groups is 1. The fraction of sp³-hybridized carbons (Fsp3) is 0.667. The predicted molar refractivity (Wildman–Crippen MR) is 68.7 cm³/mol.